The summed E-state index contributed by atoms with van der Waals surface area (Å²) in [6, 6.07) is 14.4. The molecule has 0 unspecified atom stereocenters. The number of aromatic hydroxyl groups is 1. The number of hydrogen-bond donors (Lipinski definition) is 3. The van der Waals surface area contributed by atoms with Crippen LogP contribution < -0.4 is 5.73 Å². The van der Waals surface area contributed by atoms with Crippen LogP contribution in [0.15, 0.2) is 59.9 Å². The van der Waals surface area contributed by atoms with Gasteiger partial charge in [-0.3, -0.25) is 4.57 Å². The van der Waals surface area contributed by atoms with Crippen molar-refractivity contribution < 1.29 is 5.11 Å². The normalized spacial score (nSPS) is 10.7. The molecule has 0 aliphatic rings. The Morgan fingerprint density at radius 1 is 1.00 bits per heavy atom. The molecule has 0 saturated heterocycles. The Morgan fingerprint density at radius 3 is 2.30 bits per heavy atom. The van der Waals surface area contributed by atoms with Crippen LogP contribution in [-0.4, -0.2) is 14.7 Å². The number of rotatable bonds is 2. The van der Waals surface area contributed by atoms with E-state index in [2.05, 4.69) is 17.6 Å². The van der Waals surface area contributed by atoms with Gasteiger partial charge in [-0.15, -0.1) is 12.6 Å². The van der Waals surface area contributed by atoms with Crippen LogP contribution >= 0.6 is 12.6 Å². The first kappa shape index (κ1) is 12.6. The van der Waals surface area contributed by atoms with Gasteiger partial charge in [0.05, 0.1) is 5.69 Å². The fourth-order valence-electron chi connectivity index (χ4n) is 1.97. The van der Waals surface area contributed by atoms with Gasteiger partial charge in [-0.05, 0) is 48.5 Å². The summed E-state index contributed by atoms with van der Waals surface area (Å²) in [6.07, 6.45) is 1.90. The topological polar surface area (TPSA) is 64.1 Å². The molecule has 4 nitrogen and oxygen atoms in total. The van der Waals surface area contributed by atoms with Gasteiger partial charge in [-0.25, -0.2) is 4.98 Å². The summed E-state index contributed by atoms with van der Waals surface area (Å²) in [7, 11) is 0. The lowest BCUT2D eigenvalue weighted by molar-refractivity contribution is 0.475. The number of benzene rings is 2. The van der Waals surface area contributed by atoms with Crippen LogP contribution in [0.4, 0.5) is 5.69 Å². The van der Waals surface area contributed by atoms with Crippen LogP contribution in [0.25, 0.3) is 16.9 Å². The van der Waals surface area contributed by atoms with E-state index in [-0.39, 0.29) is 5.75 Å². The molecule has 0 amide bonds. The molecule has 0 radical (unpaired) electrons. The number of nitrogen functional groups attached to an aromatic ring is 1. The number of phenolic OH excluding ortho intramolecular Hbond substituents is 1. The molecule has 2 aromatic carbocycles. The van der Waals surface area contributed by atoms with Crippen molar-refractivity contribution in [1.29, 1.82) is 0 Å². The van der Waals surface area contributed by atoms with E-state index in [1.165, 1.54) is 0 Å². The third-order valence-electron chi connectivity index (χ3n) is 3.02. The lowest BCUT2D eigenvalue weighted by Gasteiger charge is -2.03. The second-order valence-corrected chi connectivity index (χ2v) is 4.83. The van der Waals surface area contributed by atoms with E-state index in [0.717, 1.165) is 16.9 Å². The monoisotopic (exact) mass is 283 g/mol. The Morgan fingerprint density at radius 2 is 1.65 bits per heavy atom. The molecule has 0 aliphatic carbocycles. The Hall–Kier alpha value is -2.40. The molecule has 1 heterocycles. The Kier molecular flexibility index (Phi) is 3.12. The molecule has 0 atom stereocenters. The lowest BCUT2D eigenvalue weighted by atomic mass is 10.2. The van der Waals surface area contributed by atoms with E-state index in [0.29, 0.717) is 10.8 Å². The number of imidazole rings is 1. The predicted molar refractivity (Wildman–Crippen MR) is 82.3 cm³/mol. The van der Waals surface area contributed by atoms with Gasteiger partial charge in [0.2, 0.25) is 0 Å². The summed E-state index contributed by atoms with van der Waals surface area (Å²) in [5, 5.41) is 9.91. The molecular weight excluding hydrogens is 270 g/mol. The highest BCUT2D eigenvalue weighted by atomic mass is 32.1. The van der Waals surface area contributed by atoms with Crippen LogP contribution in [0, 0.1) is 0 Å². The minimum atomic E-state index is 0.234. The molecule has 0 aliphatic heterocycles. The van der Waals surface area contributed by atoms with Crippen molar-refractivity contribution in [3.05, 3.63) is 54.7 Å². The van der Waals surface area contributed by atoms with Crippen molar-refractivity contribution in [2.75, 3.05) is 5.73 Å². The SMILES string of the molecule is Nc1ccc(-n2cc(-c3ccc(O)cc3)nc2S)cc1. The number of nitrogens with zero attached hydrogens (tertiary/aromatic N) is 2. The smallest absolute Gasteiger partial charge is 0.170 e. The van der Waals surface area contributed by atoms with Crippen LogP contribution in [0.2, 0.25) is 0 Å². The van der Waals surface area contributed by atoms with E-state index in [1.54, 1.807) is 12.1 Å². The lowest BCUT2D eigenvalue weighted by Crippen LogP contribution is -1.93. The van der Waals surface area contributed by atoms with Crippen LogP contribution in [0.1, 0.15) is 0 Å². The van der Waals surface area contributed by atoms with Gasteiger partial charge in [0.25, 0.3) is 0 Å². The third-order valence-corrected chi connectivity index (χ3v) is 3.34. The van der Waals surface area contributed by atoms with Gasteiger partial charge >= 0.3 is 0 Å². The highest BCUT2D eigenvalue weighted by molar-refractivity contribution is 7.80. The van der Waals surface area contributed by atoms with E-state index in [4.69, 9.17) is 5.73 Å². The van der Waals surface area contributed by atoms with Crippen molar-refractivity contribution in [2.24, 2.45) is 0 Å². The van der Waals surface area contributed by atoms with E-state index in [1.807, 2.05) is 47.2 Å². The summed E-state index contributed by atoms with van der Waals surface area (Å²) in [6.45, 7) is 0. The van der Waals surface area contributed by atoms with E-state index in [9.17, 15) is 5.11 Å². The van der Waals surface area contributed by atoms with Crippen molar-refractivity contribution in [1.82, 2.24) is 9.55 Å². The fraction of sp³-hybridized carbons (Fsp3) is 0. The molecule has 1 aromatic heterocycles. The molecule has 0 saturated carbocycles. The second kappa shape index (κ2) is 4.94. The number of nitrogens with two attached hydrogens (primary N) is 1. The molecule has 0 bridgehead atoms. The summed E-state index contributed by atoms with van der Waals surface area (Å²) < 4.78 is 1.88. The molecular formula is C15H13N3OS. The third kappa shape index (κ3) is 2.35. The Bertz CT molecular complexity index is 733. The highest BCUT2D eigenvalue weighted by Crippen LogP contribution is 2.25. The standard InChI is InChI=1S/C15H13N3OS/c16-11-3-5-12(6-4-11)18-9-14(17-15(18)20)10-1-7-13(19)8-2-10/h1-9,19H,16H2,(H,17,20). The largest absolute Gasteiger partial charge is 0.508 e. The Balaban J connectivity index is 2.02. The van der Waals surface area contributed by atoms with Crippen molar-refractivity contribution in [3.63, 3.8) is 0 Å². The number of anilines is 1. The summed E-state index contributed by atoms with van der Waals surface area (Å²) in [5.74, 6) is 0.234. The van der Waals surface area contributed by atoms with E-state index >= 15 is 0 Å². The maximum Gasteiger partial charge on any atom is 0.170 e. The van der Waals surface area contributed by atoms with Gasteiger partial charge in [0.15, 0.2) is 5.16 Å². The first-order valence-corrected chi connectivity index (χ1v) is 6.52. The first-order chi connectivity index (χ1) is 9.63. The number of thiol groups is 1. The number of aromatic nitrogens is 2. The number of hydrogen-bond acceptors (Lipinski definition) is 4. The van der Waals surface area contributed by atoms with Crippen molar-refractivity contribution in [2.45, 2.75) is 5.16 Å². The highest BCUT2D eigenvalue weighted by Gasteiger charge is 2.08. The van der Waals surface area contributed by atoms with Crippen LogP contribution in [-0.2, 0) is 0 Å². The summed E-state index contributed by atoms with van der Waals surface area (Å²) in [5.41, 5.74) is 9.07. The summed E-state index contributed by atoms with van der Waals surface area (Å²) in [4.78, 5) is 4.42. The maximum atomic E-state index is 9.31. The maximum absolute atomic E-state index is 9.31. The second-order valence-electron chi connectivity index (χ2n) is 4.43. The van der Waals surface area contributed by atoms with Crippen LogP contribution in [0.5, 0.6) is 5.75 Å². The number of phenols is 1. The zero-order valence-corrected chi connectivity index (χ0v) is 11.5. The molecule has 3 N–H and O–H groups in total. The molecule has 5 heteroatoms. The van der Waals surface area contributed by atoms with Gasteiger partial charge in [0.1, 0.15) is 5.75 Å². The summed E-state index contributed by atoms with van der Waals surface area (Å²) >= 11 is 4.40. The van der Waals surface area contributed by atoms with Crippen LogP contribution in [0.3, 0.4) is 0 Å². The molecule has 0 fully saturated rings. The first-order valence-electron chi connectivity index (χ1n) is 6.07. The fourth-order valence-corrected chi connectivity index (χ4v) is 2.25. The zero-order chi connectivity index (χ0) is 14.1. The average molecular weight is 283 g/mol. The predicted octanol–water partition coefficient (Wildman–Crippen LogP) is 3.12. The zero-order valence-electron chi connectivity index (χ0n) is 10.6. The Labute approximate surface area is 121 Å². The van der Waals surface area contributed by atoms with Gasteiger partial charge in [0, 0.05) is 23.1 Å². The minimum absolute atomic E-state index is 0.234. The van der Waals surface area contributed by atoms with Crippen molar-refractivity contribution in [3.8, 4) is 22.7 Å². The van der Waals surface area contributed by atoms with Gasteiger partial charge in [-0.1, -0.05) is 0 Å². The van der Waals surface area contributed by atoms with Gasteiger partial charge < -0.3 is 10.8 Å². The van der Waals surface area contributed by atoms with Crippen molar-refractivity contribution >= 4 is 18.3 Å². The van der Waals surface area contributed by atoms with Gasteiger partial charge in [-0.2, -0.15) is 0 Å². The molecule has 3 aromatic rings. The quantitative estimate of drug-likeness (QED) is 0.500. The molecule has 20 heavy (non-hydrogen) atoms. The molecule has 0 spiro atoms. The average Bonchev–Trinajstić information content (AvgIpc) is 2.82. The minimum Gasteiger partial charge on any atom is -0.508 e. The van der Waals surface area contributed by atoms with E-state index < -0.39 is 0 Å². The molecule has 3 rings (SSSR count). The molecule has 100 valence electrons.